The van der Waals surface area contributed by atoms with Gasteiger partial charge in [-0.3, -0.25) is 19.3 Å². The van der Waals surface area contributed by atoms with E-state index in [1.165, 1.54) is 7.05 Å². The van der Waals surface area contributed by atoms with E-state index >= 15 is 0 Å². The van der Waals surface area contributed by atoms with Gasteiger partial charge in [0.2, 0.25) is 5.91 Å². The van der Waals surface area contributed by atoms with Crippen LogP contribution in [0.25, 0.3) is 0 Å². The van der Waals surface area contributed by atoms with Crippen molar-refractivity contribution in [2.45, 2.75) is 39.7 Å². The van der Waals surface area contributed by atoms with Crippen molar-refractivity contribution in [3.05, 3.63) is 34.9 Å². The first-order valence-corrected chi connectivity index (χ1v) is 7.65. The highest BCUT2D eigenvalue weighted by Crippen LogP contribution is 2.27. The molecule has 23 heavy (non-hydrogen) atoms. The third-order valence-electron chi connectivity index (χ3n) is 3.49. The lowest BCUT2D eigenvalue weighted by Crippen LogP contribution is -2.48. The molecule has 1 N–H and O–H groups in total. The largest absolute Gasteiger partial charge is 0.357 e. The second kappa shape index (κ2) is 8.22. The lowest BCUT2D eigenvalue weighted by Gasteiger charge is -2.24. The van der Waals surface area contributed by atoms with Crippen LogP contribution in [-0.4, -0.2) is 42.0 Å². The molecule has 0 spiro atoms. The van der Waals surface area contributed by atoms with Crippen LogP contribution in [-0.2, 0) is 9.59 Å². The monoisotopic (exact) mass is 318 g/mol. The number of hydrogen-bond donors (Lipinski definition) is 1. The maximum absolute atomic E-state index is 12.4. The van der Waals surface area contributed by atoms with Crippen molar-refractivity contribution in [3.8, 4) is 0 Å². The number of benzene rings is 1. The van der Waals surface area contributed by atoms with E-state index in [9.17, 15) is 19.2 Å². The van der Waals surface area contributed by atoms with Crippen LogP contribution < -0.4 is 5.32 Å². The van der Waals surface area contributed by atoms with Crippen LogP contribution in [0, 0.1) is 6.92 Å². The highest BCUT2D eigenvalue weighted by atomic mass is 16.2. The van der Waals surface area contributed by atoms with Crippen LogP contribution in [0.1, 0.15) is 53.0 Å². The third-order valence-corrected chi connectivity index (χ3v) is 3.49. The number of aryl methyl sites for hydroxylation is 1. The molecular formula is C17H22N2O4. The number of carbonyl (C=O) groups excluding carboxylic acids is 4. The standard InChI is InChI=1S/C15H16N2O4.C2H6/c1-9-5-6-10-11(8-9)15(21)17(14(10)20)12(4-3-7-18)13(19)16-2;1-2/h5-8,12H,3-4H2,1-2H3,(H,16,19);1-2H3. The fraction of sp³-hybridized carbons (Fsp3) is 0.412. The molecule has 0 aromatic heterocycles. The fourth-order valence-electron chi connectivity index (χ4n) is 2.43. The number of likely N-dealkylation sites (N-methyl/N-ethyl adjacent to an activating group) is 1. The van der Waals surface area contributed by atoms with Gasteiger partial charge in [-0.15, -0.1) is 0 Å². The first kappa shape index (κ1) is 18.5. The molecule has 0 aliphatic carbocycles. The van der Waals surface area contributed by atoms with Crippen molar-refractivity contribution in [2.75, 3.05) is 7.05 Å². The molecule has 1 aliphatic heterocycles. The van der Waals surface area contributed by atoms with Crippen LogP contribution in [0.2, 0.25) is 0 Å². The van der Waals surface area contributed by atoms with Crippen molar-refractivity contribution in [2.24, 2.45) is 0 Å². The second-order valence-corrected chi connectivity index (χ2v) is 4.90. The third kappa shape index (κ3) is 3.64. The molecule has 1 aromatic rings. The number of rotatable bonds is 5. The molecule has 0 radical (unpaired) electrons. The van der Waals surface area contributed by atoms with Gasteiger partial charge in [-0.25, -0.2) is 0 Å². The van der Waals surface area contributed by atoms with E-state index in [0.717, 1.165) is 10.5 Å². The predicted octanol–water partition coefficient (Wildman–Crippen LogP) is 1.71. The Kier molecular flexibility index (Phi) is 6.63. The summed E-state index contributed by atoms with van der Waals surface area (Å²) in [6.45, 7) is 5.82. The van der Waals surface area contributed by atoms with E-state index in [2.05, 4.69) is 5.32 Å². The minimum atomic E-state index is -0.965. The second-order valence-electron chi connectivity index (χ2n) is 4.90. The molecule has 6 heteroatoms. The smallest absolute Gasteiger partial charge is 0.262 e. The molecule has 2 rings (SSSR count). The maximum Gasteiger partial charge on any atom is 0.262 e. The van der Waals surface area contributed by atoms with E-state index < -0.39 is 23.8 Å². The quantitative estimate of drug-likeness (QED) is 0.662. The van der Waals surface area contributed by atoms with Gasteiger partial charge in [0.05, 0.1) is 11.1 Å². The fourth-order valence-corrected chi connectivity index (χ4v) is 2.43. The zero-order valence-electron chi connectivity index (χ0n) is 13.9. The van der Waals surface area contributed by atoms with Gasteiger partial charge < -0.3 is 10.1 Å². The van der Waals surface area contributed by atoms with Crippen molar-refractivity contribution < 1.29 is 19.2 Å². The molecule has 0 fully saturated rings. The number of carbonyl (C=O) groups is 4. The van der Waals surface area contributed by atoms with Crippen molar-refractivity contribution in [3.63, 3.8) is 0 Å². The number of aldehydes is 1. The van der Waals surface area contributed by atoms with Gasteiger partial charge in [-0.2, -0.15) is 0 Å². The zero-order chi connectivity index (χ0) is 17.6. The van der Waals surface area contributed by atoms with Gasteiger partial charge in [-0.05, 0) is 25.5 Å². The highest BCUT2D eigenvalue weighted by Gasteiger charge is 2.42. The number of hydrogen-bond acceptors (Lipinski definition) is 4. The molecule has 3 amide bonds. The first-order chi connectivity index (χ1) is 11.0. The van der Waals surface area contributed by atoms with Gasteiger partial charge in [0.15, 0.2) is 0 Å². The summed E-state index contributed by atoms with van der Waals surface area (Å²) < 4.78 is 0. The van der Waals surface area contributed by atoms with Crippen LogP contribution >= 0.6 is 0 Å². The van der Waals surface area contributed by atoms with Crippen LogP contribution in [0.15, 0.2) is 18.2 Å². The molecule has 0 saturated heterocycles. The zero-order valence-corrected chi connectivity index (χ0v) is 13.9. The van der Waals surface area contributed by atoms with Crippen LogP contribution in [0.4, 0.5) is 0 Å². The van der Waals surface area contributed by atoms with Crippen molar-refractivity contribution in [1.29, 1.82) is 0 Å². The number of amides is 3. The van der Waals surface area contributed by atoms with Gasteiger partial charge in [-0.1, -0.05) is 25.5 Å². The lowest BCUT2D eigenvalue weighted by atomic mass is 10.1. The Labute approximate surface area is 135 Å². The van der Waals surface area contributed by atoms with Crippen molar-refractivity contribution >= 4 is 24.0 Å². The topological polar surface area (TPSA) is 83.6 Å². The molecule has 1 heterocycles. The Morgan fingerprint density at radius 3 is 2.39 bits per heavy atom. The summed E-state index contributed by atoms with van der Waals surface area (Å²) in [7, 11) is 1.43. The maximum atomic E-state index is 12.4. The number of nitrogens with one attached hydrogen (secondary N) is 1. The average molecular weight is 318 g/mol. The van der Waals surface area contributed by atoms with Crippen LogP contribution in [0.5, 0.6) is 0 Å². The molecule has 124 valence electrons. The highest BCUT2D eigenvalue weighted by molar-refractivity contribution is 6.22. The van der Waals surface area contributed by atoms with Crippen LogP contribution in [0.3, 0.4) is 0 Å². The average Bonchev–Trinajstić information content (AvgIpc) is 2.81. The Morgan fingerprint density at radius 2 is 1.83 bits per heavy atom. The summed E-state index contributed by atoms with van der Waals surface area (Å²) in [5.74, 6) is -1.43. The molecule has 0 bridgehead atoms. The molecule has 1 atom stereocenters. The van der Waals surface area contributed by atoms with E-state index in [1.807, 2.05) is 20.8 Å². The minimum Gasteiger partial charge on any atom is -0.357 e. The molecule has 1 aromatic carbocycles. The Morgan fingerprint density at radius 1 is 1.22 bits per heavy atom. The van der Waals surface area contributed by atoms with Gasteiger partial charge in [0.25, 0.3) is 11.8 Å². The SMILES string of the molecule is CC.CNC(=O)C(CCC=O)N1C(=O)c2ccc(C)cc2C1=O. The van der Waals surface area contributed by atoms with Crippen molar-refractivity contribution in [1.82, 2.24) is 10.2 Å². The minimum absolute atomic E-state index is 0.102. The van der Waals surface area contributed by atoms with E-state index in [-0.39, 0.29) is 12.8 Å². The number of nitrogens with zero attached hydrogens (tertiary/aromatic N) is 1. The summed E-state index contributed by atoms with van der Waals surface area (Å²) in [6.07, 6.45) is 0.885. The van der Waals surface area contributed by atoms with Gasteiger partial charge in [0, 0.05) is 13.5 Å². The molecule has 6 nitrogen and oxygen atoms in total. The van der Waals surface area contributed by atoms with Gasteiger partial charge in [0.1, 0.15) is 12.3 Å². The lowest BCUT2D eigenvalue weighted by molar-refractivity contribution is -0.124. The molecule has 1 unspecified atom stereocenters. The normalized spacial score (nSPS) is 13.8. The van der Waals surface area contributed by atoms with E-state index in [4.69, 9.17) is 0 Å². The Hall–Kier alpha value is -2.50. The molecule has 1 aliphatic rings. The van der Waals surface area contributed by atoms with E-state index in [1.54, 1.807) is 18.2 Å². The van der Waals surface area contributed by atoms with E-state index in [0.29, 0.717) is 17.4 Å². The number of fused-ring (bicyclic) bond motifs is 1. The summed E-state index contributed by atoms with van der Waals surface area (Å²) >= 11 is 0. The Bertz CT molecular complexity index is 625. The summed E-state index contributed by atoms with van der Waals surface area (Å²) in [5.41, 5.74) is 1.46. The van der Waals surface area contributed by atoms with Gasteiger partial charge >= 0.3 is 0 Å². The molecule has 0 saturated carbocycles. The summed E-state index contributed by atoms with van der Waals surface area (Å²) in [5, 5.41) is 2.43. The number of imide groups is 1. The first-order valence-electron chi connectivity index (χ1n) is 7.65. The summed E-state index contributed by atoms with van der Waals surface area (Å²) in [4.78, 5) is 48.2. The Balaban J connectivity index is 0.00000127. The predicted molar refractivity (Wildman–Crippen MR) is 86.2 cm³/mol. The molecular weight excluding hydrogens is 296 g/mol. The summed E-state index contributed by atoms with van der Waals surface area (Å²) in [6, 6.07) is 4.00.